The van der Waals surface area contributed by atoms with Gasteiger partial charge in [-0.15, -0.1) is 0 Å². The van der Waals surface area contributed by atoms with Crippen molar-refractivity contribution in [1.82, 2.24) is 4.98 Å². The molecule has 0 aliphatic carbocycles. The number of aromatic nitrogens is 1. The fraction of sp³-hybridized carbons (Fsp3) is 0.267. The molecule has 0 aliphatic heterocycles. The Bertz CT molecular complexity index is 511. The summed E-state index contributed by atoms with van der Waals surface area (Å²) in [6.45, 7) is 3.25. The van der Waals surface area contributed by atoms with Crippen LogP contribution >= 0.6 is 0 Å². The fourth-order valence-corrected chi connectivity index (χ4v) is 1.81. The van der Waals surface area contributed by atoms with Gasteiger partial charge in [-0.05, 0) is 49.7 Å². The number of benzene rings is 1. The molecule has 1 aromatic heterocycles. The van der Waals surface area contributed by atoms with E-state index in [0.717, 1.165) is 23.7 Å². The lowest BCUT2D eigenvalue weighted by Crippen LogP contribution is -2.03. The first-order chi connectivity index (χ1) is 9.33. The number of pyridine rings is 1. The van der Waals surface area contributed by atoms with Crippen LogP contribution in [0.4, 0.5) is 11.5 Å². The molecule has 0 spiro atoms. The van der Waals surface area contributed by atoms with Crippen molar-refractivity contribution in [2.45, 2.75) is 13.3 Å². The van der Waals surface area contributed by atoms with Gasteiger partial charge in [0, 0.05) is 11.9 Å². The first kappa shape index (κ1) is 13.4. The zero-order valence-electron chi connectivity index (χ0n) is 11.1. The molecule has 0 amide bonds. The van der Waals surface area contributed by atoms with Crippen LogP contribution in [0, 0.1) is 0 Å². The summed E-state index contributed by atoms with van der Waals surface area (Å²) in [5, 5.41) is 3.26. The zero-order valence-corrected chi connectivity index (χ0v) is 11.1. The predicted octanol–water partition coefficient (Wildman–Crippen LogP) is 2.73. The molecule has 0 unspecified atom stereocenters. The van der Waals surface area contributed by atoms with Crippen LogP contribution in [-0.2, 0) is 6.42 Å². The number of ether oxygens (including phenoxy) is 1. The van der Waals surface area contributed by atoms with Gasteiger partial charge in [-0.25, -0.2) is 4.98 Å². The smallest absolute Gasteiger partial charge is 0.173 e. The van der Waals surface area contributed by atoms with Crippen LogP contribution in [0.5, 0.6) is 5.75 Å². The Balaban J connectivity index is 2.12. The van der Waals surface area contributed by atoms with Gasteiger partial charge in [-0.3, -0.25) is 0 Å². The minimum absolute atomic E-state index is 0.621. The highest BCUT2D eigenvalue weighted by Gasteiger charge is 2.04. The van der Waals surface area contributed by atoms with Gasteiger partial charge >= 0.3 is 0 Å². The van der Waals surface area contributed by atoms with Crippen molar-refractivity contribution in [3.8, 4) is 5.75 Å². The molecule has 1 aromatic carbocycles. The largest absolute Gasteiger partial charge is 0.490 e. The molecule has 0 aliphatic rings. The average Bonchev–Trinajstić information content (AvgIpc) is 2.44. The SMILES string of the molecule is CCOc1cccnc1Nc1ccc(CCN)cc1. The van der Waals surface area contributed by atoms with Crippen molar-refractivity contribution in [1.29, 1.82) is 0 Å². The normalized spacial score (nSPS) is 10.2. The lowest BCUT2D eigenvalue weighted by atomic mass is 10.1. The van der Waals surface area contributed by atoms with Gasteiger partial charge in [-0.2, -0.15) is 0 Å². The molecule has 0 bridgehead atoms. The van der Waals surface area contributed by atoms with Gasteiger partial charge in [0.05, 0.1) is 6.61 Å². The Morgan fingerprint density at radius 2 is 2.00 bits per heavy atom. The molecule has 0 saturated heterocycles. The summed E-state index contributed by atoms with van der Waals surface area (Å²) in [5.74, 6) is 1.49. The maximum Gasteiger partial charge on any atom is 0.173 e. The van der Waals surface area contributed by atoms with Gasteiger partial charge in [0.25, 0.3) is 0 Å². The minimum atomic E-state index is 0.621. The van der Waals surface area contributed by atoms with Crippen LogP contribution in [-0.4, -0.2) is 18.1 Å². The van der Waals surface area contributed by atoms with E-state index in [1.54, 1.807) is 6.20 Å². The third-order valence-corrected chi connectivity index (χ3v) is 2.72. The van der Waals surface area contributed by atoms with E-state index in [9.17, 15) is 0 Å². The second kappa shape index (κ2) is 6.75. The van der Waals surface area contributed by atoms with E-state index >= 15 is 0 Å². The molecule has 2 rings (SSSR count). The van der Waals surface area contributed by atoms with Crippen LogP contribution < -0.4 is 15.8 Å². The van der Waals surface area contributed by atoms with Gasteiger partial charge in [0.15, 0.2) is 11.6 Å². The van der Waals surface area contributed by atoms with Crippen molar-refractivity contribution in [3.05, 3.63) is 48.2 Å². The van der Waals surface area contributed by atoms with E-state index < -0.39 is 0 Å². The van der Waals surface area contributed by atoms with E-state index in [1.165, 1.54) is 5.56 Å². The van der Waals surface area contributed by atoms with Crippen molar-refractivity contribution in [3.63, 3.8) is 0 Å². The molecule has 2 aromatic rings. The highest BCUT2D eigenvalue weighted by molar-refractivity contribution is 5.62. The lowest BCUT2D eigenvalue weighted by molar-refractivity contribution is 0.341. The number of rotatable bonds is 6. The standard InChI is InChI=1S/C15H19N3O/c1-2-19-14-4-3-11-17-15(14)18-13-7-5-12(6-8-13)9-10-16/h3-8,11H,2,9-10,16H2,1H3,(H,17,18). The van der Waals surface area contributed by atoms with E-state index in [0.29, 0.717) is 13.2 Å². The van der Waals surface area contributed by atoms with Crippen LogP contribution in [0.1, 0.15) is 12.5 Å². The minimum Gasteiger partial charge on any atom is -0.490 e. The quantitative estimate of drug-likeness (QED) is 0.835. The summed E-state index contributed by atoms with van der Waals surface area (Å²) < 4.78 is 5.53. The number of nitrogens with two attached hydrogens (primary N) is 1. The molecular weight excluding hydrogens is 238 g/mol. The lowest BCUT2D eigenvalue weighted by Gasteiger charge is -2.11. The number of nitrogens with zero attached hydrogens (tertiary/aromatic N) is 1. The number of hydrogen-bond donors (Lipinski definition) is 2. The summed E-state index contributed by atoms with van der Waals surface area (Å²) in [7, 11) is 0. The van der Waals surface area contributed by atoms with Crippen molar-refractivity contribution in [2.24, 2.45) is 5.73 Å². The van der Waals surface area contributed by atoms with Crippen LogP contribution in [0.2, 0.25) is 0 Å². The first-order valence-electron chi connectivity index (χ1n) is 6.47. The number of hydrogen-bond acceptors (Lipinski definition) is 4. The average molecular weight is 257 g/mol. The Morgan fingerprint density at radius 1 is 1.21 bits per heavy atom. The fourth-order valence-electron chi connectivity index (χ4n) is 1.81. The summed E-state index contributed by atoms with van der Waals surface area (Å²) in [6, 6.07) is 11.9. The molecule has 3 N–H and O–H groups in total. The second-order valence-corrected chi connectivity index (χ2v) is 4.14. The maximum atomic E-state index is 5.53. The molecular formula is C15H19N3O. The summed E-state index contributed by atoms with van der Waals surface area (Å²) >= 11 is 0. The van der Waals surface area contributed by atoms with Gasteiger partial charge in [-0.1, -0.05) is 12.1 Å². The molecule has 4 nitrogen and oxygen atoms in total. The van der Waals surface area contributed by atoms with Gasteiger partial charge in [0.1, 0.15) is 0 Å². The van der Waals surface area contributed by atoms with Crippen LogP contribution in [0.15, 0.2) is 42.6 Å². The van der Waals surface area contributed by atoms with Crippen molar-refractivity contribution in [2.75, 3.05) is 18.5 Å². The second-order valence-electron chi connectivity index (χ2n) is 4.14. The first-order valence-corrected chi connectivity index (χ1v) is 6.47. The van der Waals surface area contributed by atoms with Gasteiger partial charge in [0.2, 0.25) is 0 Å². The topological polar surface area (TPSA) is 60.2 Å². The van der Waals surface area contributed by atoms with Crippen molar-refractivity contribution < 1.29 is 4.74 Å². The third kappa shape index (κ3) is 3.69. The highest BCUT2D eigenvalue weighted by Crippen LogP contribution is 2.24. The van der Waals surface area contributed by atoms with Gasteiger partial charge < -0.3 is 15.8 Å². The Morgan fingerprint density at radius 3 is 2.68 bits per heavy atom. The monoisotopic (exact) mass is 257 g/mol. The Labute approximate surface area is 113 Å². The Hall–Kier alpha value is -2.07. The van der Waals surface area contributed by atoms with Crippen LogP contribution in [0.3, 0.4) is 0 Å². The van der Waals surface area contributed by atoms with Crippen LogP contribution in [0.25, 0.3) is 0 Å². The molecule has 19 heavy (non-hydrogen) atoms. The number of anilines is 2. The summed E-state index contributed by atoms with van der Waals surface area (Å²) in [5.41, 5.74) is 7.75. The maximum absolute atomic E-state index is 5.53. The molecule has 100 valence electrons. The number of nitrogens with one attached hydrogen (secondary N) is 1. The molecule has 1 heterocycles. The molecule has 0 saturated carbocycles. The third-order valence-electron chi connectivity index (χ3n) is 2.72. The summed E-state index contributed by atoms with van der Waals surface area (Å²) in [6.07, 6.45) is 2.64. The Kier molecular flexibility index (Phi) is 4.75. The molecule has 0 fully saturated rings. The molecule has 0 atom stereocenters. The predicted molar refractivity (Wildman–Crippen MR) is 77.9 cm³/mol. The van der Waals surface area contributed by atoms with Crippen molar-refractivity contribution >= 4 is 11.5 Å². The van der Waals surface area contributed by atoms with E-state index in [2.05, 4.69) is 22.4 Å². The molecule has 0 radical (unpaired) electrons. The summed E-state index contributed by atoms with van der Waals surface area (Å²) in [4.78, 5) is 4.30. The molecule has 4 heteroatoms. The van der Waals surface area contributed by atoms with E-state index in [-0.39, 0.29) is 0 Å². The van der Waals surface area contributed by atoms with E-state index in [4.69, 9.17) is 10.5 Å². The highest BCUT2D eigenvalue weighted by atomic mass is 16.5. The zero-order chi connectivity index (χ0) is 13.5. The van der Waals surface area contributed by atoms with E-state index in [1.807, 2.05) is 31.2 Å².